The summed E-state index contributed by atoms with van der Waals surface area (Å²) in [6.07, 6.45) is 5.86. The quantitative estimate of drug-likeness (QED) is 0.174. The second-order valence-corrected chi connectivity index (χ2v) is 9.92. The van der Waals surface area contributed by atoms with Gasteiger partial charge in [0.05, 0.1) is 16.9 Å². The zero-order valence-electron chi connectivity index (χ0n) is 21.5. The second-order valence-electron chi connectivity index (χ2n) is 9.14. The molecule has 0 fully saturated rings. The molecule has 6 aromatic rings. The minimum Gasteiger partial charge on any atom is -0.356 e. The van der Waals surface area contributed by atoms with E-state index in [9.17, 15) is 0 Å². The Balaban J connectivity index is 1.36. The summed E-state index contributed by atoms with van der Waals surface area (Å²) in [5, 5.41) is 16.6. The number of hydrogen-bond donors (Lipinski definition) is 3. The molecule has 0 aliphatic rings. The molecule has 0 saturated carbocycles. The lowest BCUT2D eigenvalue weighted by atomic mass is 10.0. The van der Waals surface area contributed by atoms with Gasteiger partial charge in [0, 0.05) is 22.3 Å². The Hall–Kier alpha value is -4.94. The molecule has 5 nitrogen and oxygen atoms in total. The van der Waals surface area contributed by atoms with Crippen molar-refractivity contribution in [3.63, 3.8) is 0 Å². The molecule has 0 unspecified atom stereocenters. The number of thiophene rings is 1. The fraction of sp³-hybridized carbons (Fsp3) is 0.0303. The Labute approximate surface area is 231 Å². The highest BCUT2D eigenvalue weighted by Crippen LogP contribution is 2.34. The van der Waals surface area contributed by atoms with E-state index in [1.165, 1.54) is 11.1 Å². The maximum atomic E-state index is 5.04. The van der Waals surface area contributed by atoms with Crippen molar-refractivity contribution >= 4 is 44.5 Å². The first-order valence-electron chi connectivity index (χ1n) is 12.7. The van der Waals surface area contributed by atoms with Gasteiger partial charge in [0.15, 0.2) is 0 Å². The van der Waals surface area contributed by atoms with E-state index in [1.54, 1.807) is 17.4 Å². The van der Waals surface area contributed by atoms with Crippen LogP contribution in [-0.2, 0) is 0 Å². The highest BCUT2D eigenvalue weighted by Gasteiger charge is 2.16. The maximum absolute atomic E-state index is 5.04. The normalized spacial score (nSPS) is 12.2. The minimum atomic E-state index is 0.790. The third-order valence-corrected chi connectivity index (χ3v) is 7.40. The van der Waals surface area contributed by atoms with Crippen molar-refractivity contribution in [1.29, 1.82) is 0 Å². The highest BCUT2D eigenvalue weighted by molar-refractivity contribution is 7.08. The Morgan fingerprint density at radius 2 is 1.87 bits per heavy atom. The lowest BCUT2D eigenvalue weighted by molar-refractivity contribution is 1.12. The lowest BCUT2D eigenvalue weighted by Crippen LogP contribution is -2.09. The molecule has 190 valence electrons. The summed E-state index contributed by atoms with van der Waals surface area (Å²) in [7, 11) is 0. The summed E-state index contributed by atoms with van der Waals surface area (Å²) in [5.41, 5.74) is 11.4. The molecular weight excluding hydrogens is 498 g/mol. The predicted molar refractivity (Wildman–Crippen MR) is 165 cm³/mol. The highest BCUT2D eigenvalue weighted by atomic mass is 32.1. The Kier molecular flexibility index (Phi) is 6.53. The van der Waals surface area contributed by atoms with E-state index in [2.05, 4.69) is 74.7 Å². The molecule has 0 bridgehead atoms. The molecule has 0 atom stereocenters. The van der Waals surface area contributed by atoms with Crippen LogP contribution in [0.3, 0.4) is 0 Å². The van der Waals surface area contributed by atoms with Crippen LogP contribution < -0.4 is 5.32 Å². The zero-order chi connectivity index (χ0) is 26.8. The van der Waals surface area contributed by atoms with Crippen LogP contribution in [0.2, 0.25) is 0 Å². The first-order chi connectivity index (χ1) is 19.1. The van der Waals surface area contributed by atoms with Crippen molar-refractivity contribution < 1.29 is 0 Å². The molecule has 6 heteroatoms. The van der Waals surface area contributed by atoms with Crippen molar-refractivity contribution in [1.82, 2.24) is 25.5 Å². The topological polar surface area (TPSA) is 69.4 Å². The minimum absolute atomic E-state index is 0.790. The number of allylic oxidation sites excluding steroid dienone is 4. The number of hydrogen-bond acceptors (Lipinski definition) is 4. The van der Waals surface area contributed by atoms with Crippen LogP contribution >= 0.6 is 11.3 Å². The second kappa shape index (κ2) is 10.4. The van der Waals surface area contributed by atoms with Crippen molar-refractivity contribution in [2.75, 3.05) is 0 Å². The SMILES string of the molecule is C=C/C(=C\C(=C/C)c1ccc2[nH]nc(-c3cc4c(-c5ccsc5)cccc4[nH]3)c2n1)NC(=C)c1ccccc1. The first kappa shape index (κ1) is 24.4. The monoisotopic (exact) mass is 525 g/mol. The summed E-state index contributed by atoms with van der Waals surface area (Å²) >= 11 is 1.70. The van der Waals surface area contributed by atoms with Crippen LogP contribution in [0.25, 0.3) is 55.7 Å². The van der Waals surface area contributed by atoms with E-state index in [4.69, 9.17) is 4.98 Å². The number of H-pyrrole nitrogens is 2. The number of nitrogens with one attached hydrogen (secondary N) is 3. The fourth-order valence-electron chi connectivity index (χ4n) is 4.70. The summed E-state index contributed by atoms with van der Waals surface area (Å²) in [5.74, 6) is 0. The van der Waals surface area contributed by atoms with Gasteiger partial charge in [0.2, 0.25) is 0 Å². The number of fused-ring (bicyclic) bond motifs is 2. The van der Waals surface area contributed by atoms with Crippen LogP contribution in [0.1, 0.15) is 18.2 Å². The summed E-state index contributed by atoms with van der Waals surface area (Å²) < 4.78 is 0. The summed E-state index contributed by atoms with van der Waals surface area (Å²) in [6.45, 7) is 10.2. The van der Waals surface area contributed by atoms with E-state index < -0.39 is 0 Å². The molecule has 0 aliphatic carbocycles. The smallest absolute Gasteiger partial charge is 0.135 e. The standard InChI is InChI=1S/C33H27N5S/c1-4-22(18-25(5-2)34-21(3)23-10-7-6-8-11-23)28-14-15-30-32(36-28)33(38-37-30)31-19-27-26(24-16-17-39-20-24)12-9-13-29(27)35-31/h4-20,34-35H,2-3H2,1H3,(H,37,38)/b22-4+,25-18+. The average Bonchev–Trinajstić information content (AvgIpc) is 3.74. The molecule has 2 aromatic carbocycles. The maximum Gasteiger partial charge on any atom is 0.135 e. The third-order valence-electron chi connectivity index (χ3n) is 6.71. The molecule has 39 heavy (non-hydrogen) atoms. The predicted octanol–water partition coefficient (Wildman–Crippen LogP) is 8.57. The van der Waals surface area contributed by atoms with Gasteiger partial charge in [-0.05, 0) is 82.4 Å². The van der Waals surface area contributed by atoms with E-state index in [-0.39, 0.29) is 0 Å². The van der Waals surface area contributed by atoms with Crippen LogP contribution in [0.5, 0.6) is 0 Å². The van der Waals surface area contributed by atoms with E-state index >= 15 is 0 Å². The zero-order valence-corrected chi connectivity index (χ0v) is 22.3. The van der Waals surface area contributed by atoms with E-state index in [1.807, 2.05) is 61.5 Å². The average molecular weight is 526 g/mol. The lowest BCUT2D eigenvalue weighted by Gasteiger charge is -2.12. The van der Waals surface area contributed by atoms with Crippen LogP contribution in [0.15, 0.2) is 121 Å². The van der Waals surface area contributed by atoms with Gasteiger partial charge in [0.25, 0.3) is 0 Å². The van der Waals surface area contributed by atoms with Gasteiger partial charge in [-0.15, -0.1) is 0 Å². The Morgan fingerprint density at radius 1 is 1.00 bits per heavy atom. The molecule has 0 spiro atoms. The molecule has 0 aliphatic heterocycles. The van der Waals surface area contributed by atoms with Gasteiger partial charge in [0.1, 0.15) is 11.2 Å². The fourth-order valence-corrected chi connectivity index (χ4v) is 5.36. The van der Waals surface area contributed by atoms with Crippen LogP contribution in [0.4, 0.5) is 0 Å². The molecule has 4 aromatic heterocycles. The van der Waals surface area contributed by atoms with Gasteiger partial charge in [-0.1, -0.05) is 61.7 Å². The largest absolute Gasteiger partial charge is 0.356 e. The number of nitrogens with zero attached hydrogens (tertiary/aromatic N) is 2. The van der Waals surface area contributed by atoms with Crippen LogP contribution in [0, 0.1) is 0 Å². The van der Waals surface area contributed by atoms with Gasteiger partial charge in [-0.25, -0.2) is 4.98 Å². The number of aromatic amines is 2. The van der Waals surface area contributed by atoms with E-state index in [0.717, 1.165) is 61.5 Å². The Bertz CT molecular complexity index is 1870. The molecule has 0 saturated heterocycles. The van der Waals surface area contributed by atoms with Crippen molar-refractivity contribution in [3.8, 4) is 22.5 Å². The van der Waals surface area contributed by atoms with Gasteiger partial charge < -0.3 is 10.3 Å². The molecule has 0 amide bonds. The molecule has 3 N–H and O–H groups in total. The number of pyridine rings is 1. The van der Waals surface area contributed by atoms with Crippen molar-refractivity contribution in [3.05, 3.63) is 132 Å². The van der Waals surface area contributed by atoms with Crippen molar-refractivity contribution in [2.24, 2.45) is 0 Å². The molecular formula is C33H27N5S. The molecule has 6 rings (SSSR count). The molecule has 0 radical (unpaired) electrons. The first-order valence-corrected chi connectivity index (χ1v) is 13.6. The van der Waals surface area contributed by atoms with Gasteiger partial charge >= 0.3 is 0 Å². The summed E-state index contributed by atoms with van der Waals surface area (Å²) in [6, 6.07) is 24.7. The van der Waals surface area contributed by atoms with Crippen molar-refractivity contribution in [2.45, 2.75) is 6.92 Å². The van der Waals surface area contributed by atoms with Gasteiger partial charge in [-0.2, -0.15) is 16.4 Å². The summed E-state index contributed by atoms with van der Waals surface area (Å²) in [4.78, 5) is 8.60. The third kappa shape index (κ3) is 4.74. The number of aromatic nitrogens is 4. The molecule has 4 heterocycles. The number of rotatable bonds is 8. The number of benzene rings is 2. The van der Waals surface area contributed by atoms with Crippen LogP contribution in [-0.4, -0.2) is 20.2 Å². The van der Waals surface area contributed by atoms with Gasteiger partial charge in [-0.3, -0.25) is 5.10 Å². The van der Waals surface area contributed by atoms with E-state index in [0.29, 0.717) is 0 Å². The Morgan fingerprint density at radius 3 is 2.64 bits per heavy atom.